The number of hydrogen-bond acceptors (Lipinski definition) is 6. The van der Waals surface area contributed by atoms with Crippen molar-refractivity contribution in [1.82, 2.24) is 0 Å². The van der Waals surface area contributed by atoms with Crippen LogP contribution in [0.25, 0.3) is 11.1 Å². The van der Waals surface area contributed by atoms with Crippen LogP contribution < -0.4 is 9.47 Å². The van der Waals surface area contributed by atoms with Crippen molar-refractivity contribution in [3.63, 3.8) is 0 Å². The van der Waals surface area contributed by atoms with Gasteiger partial charge in [-0.15, -0.1) is 0 Å². The van der Waals surface area contributed by atoms with Crippen LogP contribution in [0.15, 0.2) is 42.5 Å². The Morgan fingerprint density at radius 1 is 0.538 bits per heavy atom. The number of rotatable bonds is 23. The van der Waals surface area contributed by atoms with Crippen molar-refractivity contribution in [3.05, 3.63) is 48.0 Å². The molecule has 0 fully saturated rings. The fraction of sp³-hybridized carbons (Fsp3) is 0.636. The quantitative estimate of drug-likeness (QED) is 0.0671. The summed E-state index contributed by atoms with van der Waals surface area (Å²) < 4.78 is 187. The largest absolute Gasteiger partial charge is 0.494 e. The average molecular weight is 779 g/mol. The van der Waals surface area contributed by atoms with E-state index in [-0.39, 0.29) is 37.6 Å². The number of benzene rings is 2. The molecule has 0 aliphatic carbocycles. The van der Waals surface area contributed by atoms with Crippen molar-refractivity contribution in [1.29, 1.82) is 0 Å². The molecule has 2 unspecified atom stereocenters. The average Bonchev–Trinajstić information content (AvgIpc) is 3.07. The number of alkyl halides is 13. The molecule has 298 valence electrons. The van der Waals surface area contributed by atoms with Crippen LogP contribution in [-0.2, 0) is 6.42 Å². The second-order valence-electron chi connectivity index (χ2n) is 12.1. The third-order valence-corrected chi connectivity index (χ3v) is 7.99. The van der Waals surface area contributed by atoms with Gasteiger partial charge in [-0.25, -0.2) is 0 Å². The van der Waals surface area contributed by atoms with Gasteiger partial charge in [0.25, 0.3) is 0 Å². The lowest BCUT2D eigenvalue weighted by Crippen LogP contribution is -2.70. The summed E-state index contributed by atoms with van der Waals surface area (Å²) in [4.78, 5) is 0. The molecule has 4 N–H and O–H groups in total. The summed E-state index contributed by atoms with van der Waals surface area (Å²) >= 11 is 0. The molecule has 0 amide bonds. The van der Waals surface area contributed by atoms with Gasteiger partial charge in [0.1, 0.15) is 11.5 Å². The highest BCUT2D eigenvalue weighted by Crippen LogP contribution is 2.60. The van der Waals surface area contributed by atoms with E-state index in [4.69, 9.17) is 19.7 Å². The first kappa shape index (κ1) is 45.1. The monoisotopic (exact) mass is 778 g/mol. The summed E-state index contributed by atoms with van der Waals surface area (Å²) in [6.45, 7) is -0.619. The second kappa shape index (κ2) is 18.3. The fourth-order valence-corrected chi connectivity index (χ4v) is 4.82. The van der Waals surface area contributed by atoms with Crippen LogP contribution in [0.2, 0.25) is 0 Å². The number of halogens is 13. The van der Waals surface area contributed by atoms with Crippen LogP contribution in [0.5, 0.6) is 11.5 Å². The zero-order chi connectivity index (χ0) is 39.6. The summed E-state index contributed by atoms with van der Waals surface area (Å²) in [5.74, 6) is -36.7. The lowest BCUT2D eigenvalue weighted by molar-refractivity contribution is -0.440. The molecule has 0 bridgehead atoms. The molecular formula is C33H39F13O6. The third kappa shape index (κ3) is 10.8. The molecule has 0 saturated carbocycles. The maximum atomic E-state index is 14.5. The van der Waals surface area contributed by atoms with E-state index in [1.165, 1.54) is 18.2 Å². The Labute approximate surface area is 290 Å². The van der Waals surface area contributed by atoms with Crippen molar-refractivity contribution in [2.24, 2.45) is 0 Å². The molecule has 0 aliphatic rings. The van der Waals surface area contributed by atoms with Gasteiger partial charge in [0.2, 0.25) is 0 Å². The first-order valence-electron chi connectivity index (χ1n) is 16.0. The minimum atomic E-state index is -7.96. The summed E-state index contributed by atoms with van der Waals surface area (Å²) in [5.41, 5.74) is 0.933. The van der Waals surface area contributed by atoms with E-state index in [2.05, 4.69) is 0 Å². The molecule has 2 rings (SSSR count). The summed E-state index contributed by atoms with van der Waals surface area (Å²) in [6.07, 6.45) is -11.1. The van der Waals surface area contributed by atoms with E-state index >= 15 is 0 Å². The van der Waals surface area contributed by atoms with Crippen LogP contribution in [0.4, 0.5) is 57.1 Å². The van der Waals surface area contributed by atoms with Gasteiger partial charge in [0, 0.05) is 6.42 Å². The molecule has 0 spiro atoms. The van der Waals surface area contributed by atoms with Crippen molar-refractivity contribution >= 4 is 0 Å². The van der Waals surface area contributed by atoms with Gasteiger partial charge in [-0.1, -0.05) is 18.2 Å². The van der Waals surface area contributed by atoms with Crippen LogP contribution >= 0.6 is 0 Å². The van der Waals surface area contributed by atoms with E-state index in [1.54, 1.807) is 24.3 Å². The van der Waals surface area contributed by atoms with Crippen LogP contribution in [0.3, 0.4) is 0 Å². The van der Waals surface area contributed by atoms with E-state index < -0.39 is 73.9 Å². The number of hydrogen-bond donors (Lipinski definition) is 4. The Balaban J connectivity index is 2.26. The summed E-state index contributed by atoms with van der Waals surface area (Å²) in [5, 5.41) is 36.6. The SMILES string of the molecule is OCC(O)CCCCOc1ccc(-c2ccc(OCCCCC(O)CO)c(CCCC(F)(F)C(F)(F)C(F)(F)C(F)(F)C(F)(F)C(F)(F)F)c2)cc1. The van der Waals surface area contributed by atoms with Crippen molar-refractivity contribution in [3.8, 4) is 22.6 Å². The van der Waals surface area contributed by atoms with Gasteiger partial charge in [-0.3, -0.25) is 0 Å². The minimum Gasteiger partial charge on any atom is -0.494 e. The molecule has 52 heavy (non-hydrogen) atoms. The number of unbranched alkanes of at least 4 members (excludes halogenated alkanes) is 2. The van der Waals surface area contributed by atoms with Crippen molar-refractivity contribution < 1.29 is 87.0 Å². The number of aliphatic hydroxyl groups excluding tert-OH is 4. The molecule has 0 saturated heterocycles. The molecule has 2 aromatic carbocycles. The van der Waals surface area contributed by atoms with Crippen LogP contribution in [0.1, 0.15) is 56.9 Å². The standard InChI is InChI=1S/C33H39F13O6/c34-28(35,29(36,37)30(38,39)31(40,41)32(42,43)33(44,45)46)15-5-6-23-18-22(11-14-27(23)52-17-4-2-8-25(50)20-48)21-9-12-26(13-10-21)51-16-3-1-7-24(49)19-47/h9-14,18,24-25,47-50H,1-8,15-17,19-20H2. The minimum absolute atomic E-state index is 0.00511. The zero-order valence-electron chi connectivity index (χ0n) is 27.4. The Hall–Kier alpha value is -3.03. The summed E-state index contributed by atoms with van der Waals surface area (Å²) in [7, 11) is 0. The Bertz CT molecular complexity index is 1370. The molecule has 2 aromatic rings. The lowest BCUT2D eigenvalue weighted by Gasteiger charge is -2.39. The highest BCUT2D eigenvalue weighted by molar-refractivity contribution is 5.66. The van der Waals surface area contributed by atoms with E-state index in [9.17, 15) is 67.3 Å². The third-order valence-electron chi connectivity index (χ3n) is 7.99. The first-order valence-corrected chi connectivity index (χ1v) is 16.0. The van der Waals surface area contributed by atoms with Crippen LogP contribution in [0, 0.1) is 0 Å². The van der Waals surface area contributed by atoms with Crippen LogP contribution in [-0.4, -0.2) is 94.9 Å². The van der Waals surface area contributed by atoms with Gasteiger partial charge in [-0.2, -0.15) is 57.1 Å². The molecule has 0 heterocycles. The maximum absolute atomic E-state index is 14.5. The van der Waals surface area contributed by atoms with E-state index in [1.807, 2.05) is 0 Å². The predicted molar refractivity (Wildman–Crippen MR) is 160 cm³/mol. The number of ether oxygens (including phenoxy) is 2. The van der Waals surface area contributed by atoms with E-state index in [0.29, 0.717) is 49.0 Å². The lowest BCUT2D eigenvalue weighted by atomic mass is 9.91. The Morgan fingerprint density at radius 3 is 1.52 bits per heavy atom. The fourth-order valence-electron chi connectivity index (χ4n) is 4.82. The predicted octanol–water partition coefficient (Wildman–Crippen LogP) is 8.22. The first-order chi connectivity index (χ1) is 24.0. The Morgan fingerprint density at radius 2 is 1.02 bits per heavy atom. The highest BCUT2D eigenvalue weighted by atomic mass is 19.4. The van der Waals surface area contributed by atoms with Crippen molar-refractivity contribution in [2.75, 3.05) is 26.4 Å². The number of aliphatic hydroxyl groups is 4. The summed E-state index contributed by atoms with van der Waals surface area (Å²) in [6, 6.07) is 10.6. The topological polar surface area (TPSA) is 99.4 Å². The van der Waals surface area contributed by atoms with Gasteiger partial charge >= 0.3 is 35.8 Å². The molecule has 19 heteroatoms. The van der Waals surface area contributed by atoms with Gasteiger partial charge in [-0.05, 0) is 92.3 Å². The molecule has 0 aliphatic heterocycles. The van der Waals surface area contributed by atoms with Crippen molar-refractivity contribution in [2.45, 2.75) is 106 Å². The molecule has 2 atom stereocenters. The molecule has 0 aromatic heterocycles. The number of aryl methyl sites for hydroxylation is 1. The molecular weight excluding hydrogens is 739 g/mol. The highest BCUT2D eigenvalue weighted by Gasteiger charge is 2.90. The normalized spacial score (nSPS) is 14.7. The molecule has 0 radical (unpaired) electrons. The Kier molecular flexibility index (Phi) is 15.9. The maximum Gasteiger partial charge on any atom is 0.460 e. The van der Waals surface area contributed by atoms with E-state index in [0.717, 1.165) is 0 Å². The zero-order valence-corrected chi connectivity index (χ0v) is 27.4. The smallest absolute Gasteiger partial charge is 0.460 e. The van der Waals surface area contributed by atoms with Gasteiger partial charge in [0.05, 0.1) is 38.6 Å². The van der Waals surface area contributed by atoms with Gasteiger partial charge in [0.15, 0.2) is 0 Å². The van der Waals surface area contributed by atoms with Gasteiger partial charge < -0.3 is 29.9 Å². The molecule has 6 nitrogen and oxygen atoms in total. The second-order valence-corrected chi connectivity index (χ2v) is 12.1.